The molecule has 2 aliphatic heterocycles. The Morgan fingerprint density at radius 3 is 2.56 bits per heavy atom. The number of nitrogen functional groups attached to an aromatic ring is 1. The van der Waals surface area contributed by atoms with Crippen molar-refractivity contribution in [2.24, 2.45) is 5.41 Å². The van der Waals surface area contributed by atoms with Crippen molar-refractivity contribution >= 4 is 29.0 Å². The van der Waals surface area contributed by atoms with E-state index in [1.54, 1.807) is 30.5 Å². The van der Waals surface area contributed by atoms with Gasteiger partial charge >= 0.3 is 6.18 Å². The molecule has 0 radical (unpaired) electrons. The second-order valence-electron chi connectivity index (χ2n) is 11.4. The van der Waals surface area contributed by atoms with Gasteiger partial charge in [-0.2, -0.15) is 13.2 Å². The van der Waals surface area contributed by atoms with Crippen LogP contribution in [0.25, 0.3) is 16.8 Å². The van der Waals surface area contributed by atoms with Crippen molar-refractivity contribution < 1.29 is 27.5 Å². The van der Waals surface area contributed by atoms with Crippen LogP contribution in [0.3, 0.4) is 0 Å². The van der Waals surface area contributed by atoms with Gasteiger partial charge < -0.3 is 20.7 Å². The van der Waals surface area contributed by atoms with E-state index >= 15 is 0 Å². The Morgan fingerprint density at radius 1 is 1.14 bits per heavy atom. The van der Waals surface area contributed by atoms with Crippen molar-refractivity contribution in [2.75, 3.05) is 37.4 Å². The van der Waals surface area contributed by atoms with Crippen LogP contribution < -0.4 is 11.1 Å². The summed E-state index contributed by atoms with van der Waals surface area (Å²) in [6, 6.07) is 8.15. The highest BCUT2D eigenvalue weighted by Gasteiger charge is 2.45. The normalized spacial score (nSPS) is 18.3. The Kier molecular flexibility index (Phi) is 7.07. The van der Waals surface area contributed by atoms with Gasteiger partial charge in [0.25, 0.3) is 5.91 Å². The van der Waals surface area contributed by atoms with Gasteiger partial charge in [-0.05, 0) is 51.0 Å². The van der Waals surface area contributed by atoms with Crippen LogP contribution in [0, 0.1) is 12.3 Å². The summed E-state index contributed by atoms with van der Waals surface area (Å²) in [5, 5.41) is 2.42. The summed E-state index contributed by atoms with van der Waals surface area (Å²) >= 11 is 0. The lowest BCUT2D eigenvalue weighted by Crippen LogP contribution is -2.55. The zero-order valence-corrected chi connectivity index (χ0v) is 23.6. The highest BCUT2D eigenvalue weighted by molar-refractivity contribution is 6.04. The number of fused-ring (bicyclic) bond motifs is 1. The topological polar surface area (TPSA) is 128 Å². The van der Waals surface area contributed by atoms with E-state index in [0.29, 0.717) is 48.9 Å². The molecule has 0 spiro atoms. The summed E-state index contributed by atoms with van der Waals surface area (Å²) in [5.74, 6) is 0.317. The molecule has 2 saturated heterocycles. The molecule has 1 atom stereocenters. The number of halogens is 3. The molecule has 3 aromatic heterocycles. The molecule has 5 heterocycles. The Labute approximate surface area is 245 Å². The number of aryl methyl sites for hydroxylation is 1. The predicted octanol–water partition coefficient (Wildman–Crippen LogP) is 4.70. The van der Waals surface area contributed by atoms with Crippen LogP contribution in [0.5, 0.6) is 0 Å². The largest absolute Gasteiger partial charge is 0.416 e. The quantitative estimate of drug-likeness (QED) is 0.344. The number of anilines is 2. The first-order chi connectivity index (χ1) is 20.4. The molecular formula is C30H30F3N7O3. The molecule has 6 rings (SSSR count). The first-order valence-corrected chi connectivity index (χ1v) is 13.9. The smallest absolute Gasteiger partial charge is 0.382 e. The van der Waals surface area contributed by atoms with Crippen LogP contribution in [0.4, 0.5) is 24.8 Å². The van der Waals surface area contributed by atoms with Gasteiger partial charge in [0.1, 0.15) is 28.7 Å². The molecular weight excluding hydrogens is 563 g/mol. The van der Waals surface area contributed by atoms with E-state index in [1.165, 1.54) is 0 Å². The fourth-order valence-corrected chi connectivity index (χ4v) is 5.72. The van der Waals surface area contributed by atoms with Crippen molar-refractivity contribution in [2.45, 2.75) is 38.8 Å². The van der Waals surface area contributed by atoms with E-state index in [1.807, 2.05) is 23.1 Å². The average Bonchev–Trinajstić information content (AvgIpc) is 3.39. The minimum atomic E-state index is -4.56. The highest BCUT2D eigenvalue weighted by atomic mass is 19.4. The Morgan fingerprint density at radius 2 is 1.88 bits per heavy atom. The number of likely N-dealkylation sites (tertiary alicyclic amines) is 1. The van der Waals surface area contributed by atoms with Gasteiger partial charge in [-0.3, -0.25) is 14.0 Å². The molecule has 2 amide bonds. The van der Waals surface area contributed by atoms with Gasteiger partial charge in [-0.1, -0.05) is 12.1 Å². The van der Waals surface area contributed by atoms with Crippen molar-refractivity contribution in [3.05, 3.63) is 71.4 Å². The molecule has 1 unspecified atom stereocenters. The number of benzene rings is 1. The summed E-state index contributed by atoms with van der Waals surface area (Å²) in [7, 11) is 0. The number of ether oxygens (including phenoxy) is 1. The SMILES string of the molecule is Cc1cnc(N)c2c(-c3ccc(C(=O)Nc4cc(C(F)(F)F)ccn4)cc3)nc(C3CCCN(C(=O)C4(C)COC4)C3)n12. The number of alkyl halides is 3. The molecule has 2 aliphatic rings. The molecule has 1 aromatic carbocycles. The number of amides is 2. The maximum absolute atomic E-state index is 13.3. The van der Waals surface area contributed by atoms with Crippen LogP contribution in [-0.4, -0.2) is 62.4 Å². The Hall–Kier alpha value is -4.52. The van der Waals surface area contributed by atoms with Gasteiger partial charge in [0, 0.05) is 48.2 Å². The Balaban J connectivity index is 1.29. The fraction of sp³-hybridized carbons (Fsp3) is 0.367. The van der Waals surface area contributed by atoms with Gasteiger partial charge in [-0.15, -0.1) is 0 Å². The lowest BCUT2D eigenvalue weighted by atomic mass is 9.85. The fourth-order valence-electron chi connectivity index (χ4n) is 5.72. The maximum Gasteiger partial charge on any atom is 0.416 e. The molecule has 43 heavy (non-hydrogen) atoms. The van der Waals surface area contributed by atoms with E-state index in [9.17, 15) is 22.8 Å². The number of piperidine rings is 1. The minimum absolute atomic E-state index is 0.0333. The molecule has 13 heteroatoms. The number of nitrogens with zero attached hydrogens (tertiary/aromatic N) is 5. The zero-order valence-electron chi connectivity index (χ0n) is 23.6. The number of pyridine rings is 1. The molecule has 224 valence electrons. The molecule has 3 N–H and O–H groups in total. The molecule has 0 saturated carbocycles. The van der Waals surface area contributed by atoms with E-state index in [0.717, 1.165) is 42.7 Å². The van der Waals surface area contributed by atoms with Crippen LogP contribution in [0.1, 0.15) is 53.1 Å². The summed E-state index contributed by atoms with van der Waals surface area (Å²) in [4.78, 5) is 41.2. The number of rotatable bonds is 5. The van der Waals surface area contributed by atoms with Crippen molar-refractivity contribution in [3.8, 4) is 11.3 Å². The monoisotopic (exact) mass is 593 g/mol. The van der Waals surface area contributed by atoms with Crippen LogP contribution in [0.2, 0.25) is 0 Å². The third-order valence-corrected chi connectivity index (χ3v) is 8.07. The summed E-state index contributed by atoms with van der Waals surface area (Å²) in [5.41, 5.74) is 7.93. The molecule has 4 aromatic rings. The average molecular weight is 594 g/mol. The first-order valence-electron chi connectivity index (χ1n) is 13.9. The van der Waals surface area contributed by atoms with Crippen LogP contribution in [0.15, 0.2) is 48.8 Å². The molecule has 0 bridgehead atoms. The lowest BCUT2D eigenvalue weighted by Gasteiger charge is -2.42. The summed E-state index contributed by atoms with van der Waals surface area (Å²) < 4.78 is 46.5. The van der Waals surface area contributed by atoms with Crippen LogP contribution >= 0.6 is 0 Å². The first kappa shape index (κ1) is 28.6. The molecule has 2 fully saturated rings. The molecule has 0 aliphatic carbocycles. The third kappa shape index (κ3) is 5.29. The van der Waals surface area contributed by atoms with E-state index in [-0.39, 0.29) is 23.2 Å². The summed E-state index contributed by atoms with van der Waals surface area (Å²) in [6.45, 7) is 5.91. The standard InChI is InChI=1S/C30H30F3N7O3/c1-17-13-36-25(34)24-23(38-26(40(17)24)20-4-3-11-39(14-20)28(42)29(2)15-43-16-29)18-5-7-19(8-6-18)27(41)37-22-12-21(9-10-35-22)30(31,32)33/h5-10,12-13,20H,3-4,11,14-16H2,1-2H3,(H2,34,36)(H,35,37,41). The highest BCUT2D eigenvalue weighted by Crippen LogP contribution is 2.37. The van der Waals surface area contributed by atoms with Gasteiger partial charge in [0.2, 0.25) is 5.91 Å². The van der Waals surface area contributed by atoms with E-state index in [4.69, 9.17) is 15.5 Å². The third-order valence-electron chi connectivity index (χ3n) is 8.07. The van der Waals surface area contributed by atoms with Gasteiger partial charge in [0.05, 0.1) is 24.2 Å². The minimum Gasteiger partial charge on any atom is -0.382 e. The Bertz CT molecular complexity index is 1710. The second kappa shape index (κ2) is 10.6. The maximum atomic E-state index is 13.3. The van der Waals surface area contributed by atoms with Gasteiger partial charge in [-0.25, -0.2) is 15.0 Å². The number of aromatic nitrogens is 4. The second-order valence-corrected chi connectivity index (χ2v) is 11.4. The number of imidazole rings is 1. The van der Waals surface area contributed by atoms with E-state index in [2.05, 4.69) is 15.3 Å². The number of hydrogen-bond donors (Lipinski definition) is 2. The van der Waals surface area contributed by atoms with Crippen molar-refractivity contribution in [3.63, 3.8) is 0 Å². The van der Waals surface area contributed by atoms with Crippen molar-refractivity contribution in [1.82, 2.24) is 24.3 Å². The predicted molar refractivity (Wildman–Crippen MR) is 152 cm³/mol. The number of carbonyl (C=O) groups is 2. The number of nitrogens with two attached hydrogens (primary N) is 1. The number of nitrogens with one attached hydrogen (secondary N) is 1. The molecule has 10 nitrogen and oxygen atoms in total. The lowest BCUT2D eigenvalue weighted by molar-refractivity contribution is -0.170. The zero-order chi connectivity index (χ0) is 30.5. The van der Waals surface area contributed by atoms with Gasteiger partial charge in [0.15, 0.2) is 0 Å². The van der Waals surface area contributed by atoms with Crippen molar-refractivity contribution in [1.29, 1.82) is 0 Å². The summed E-state index contributed by atoms with van der Waals surface area (Å²) in [6.07, 6.45) is -0.194. The number of carbonyl (C=O) groups excluding carboxylic acids is 2. The number of hydrogen-bond acceptors (Lipinski definition) is 7. The van der Waals surface area contributed by atoms with Crippen LogP contribution in [-0.2, 0) is 15.7 Å². The van der Waals surface area contributed by atoms with E-state index < -0.39 is 23.1 Å².